The lowest BCUT2D eigenvalue weighted by Gasteiger charge is -2.25. The van der Waals surface area contributed by atoms with E-state index in [0.29, 0.717) is 6.10 Å². The Bertz CT molecular complexity index is 1600. The number of nitrogens with one attached hydrogen (secondary N) is 1. The number of aromatic nitrogens is 3. The van der Waals surface area contributed by atoms with Crippen LogP contribution in [0.25, 0.3) is 28.1 Å². The first-order valence-electron chi connectivity index (χ1n) is 13.4. The maximum Gasteiger partial charge on any atom is 0.0900 e. The van der Waals surface area contributed by atoms with Crippen LogP contribution in [0.5, 0.6) is 0 Å². The van der Waals surface area contributed by atoms with Crippen molar-refractivity contribution in [2.24, 2.45) is 4.99 Å². The third-order valence-electron chi connectivity index (χ3n) is 7.48. The lowest BCUT2D eigenvalue weighted by Crippen LogP contribution is -2.25. The SMILES string of the molecule is COC1CCC(N=c2cc3n(-c4ccc(C)cc4)c4ccccc4nc-3cc2Nc2ccc(C)nc2)CC1. The van der Waals surface area contributed by atoms with Gasteiger partial charge in [-0.05, 0) is 88.1 Å². The molecular weight excluding hydrogens is 470 g/mol. The number of aryl methyl sites for hydroxylation is 2. The van der Waals surface area contributed by atoms with Crippen molar-refractivity contribution in [3.63, 3.8) is 0 Å². The minimum atomic E-state index is 0.261. The molecule has 0 radical (unpaired) electrons. The van der Waals surface area contributed by atoms with E-state index in [0.717, 1.165) is 76.2 Å². The second kappa shape index (κ2) is 10.4. The molecule has 2 aromatic carbocycles. The fraction of sp³-hybridized carbons (Fsp3) is 0.281. The summed E-state index contributed by atoms with van der Waals surface area (Å²) >= 11 is 0. The van der Waals surface area contributed by atoms with Crippen LogP contribution in [0, 0.1) is 13.8 Å². The number of ether oxygens (including phenoxy) is 1. The zero-order valence-electron chi connectivity index (χ0n) is 22.2. The Balaban J connectivity index is 1.57. The fourth-order valence-corrected chi connectivity index (χ4v) is 5.32. The second-order valence-corrected chi connectivity index (χ2v) is 10.2. The van der Waals surface area contributed by atoms with Crippen LogP contribution in [0.3, 0.4) is 0 Å². The highest BCUT2D eigenvalue weighted by atomic mass is 16.5. The Morgan fingerprint density at radius 3 is 2.45 bits per heavy atom. The second-order valence-electron chi connectivity index (χ2n) is 10.2. The highest BCUT2D eigenvalue weighted by Gasteiger charge is 2.21. The van der Waals surface area contributed by atoms with Gasteiger partial charge in [-0.25, -0.2) is 4.98 Å². The van der Waals surface area contributed by atoms with Crippen molar-refractivity contribution >= 4 is 22.4 Å². The van der Waals surface area contributed by atoms with Gasteiger partial charge >= 0.3 is 0 Å². The monoisotopic (exact) mass is 503 g/mol. The fourth-order valence-electron chi connectivity index (χ4n) is 5.32. The highest BCUT2D eigenvalue weighted by molar-refractivity contribution is 5.84. The normalized spacial score (nSPS) is 18.2. The standard InChI is InChI=1S/C32H33N5O/c1-21-8-14-25(15-9-21)37-31-7-5-4-6-27(31)36-30-18-28(35-24-11-10-22(2)33-20-24)29(19-32(30)37)34-23-12-16-26(38-3)17-13-23/h4-11,14-15,18-20,23,26,35H,12-13,16-17H2,1-3H3. The van der Waals surface area contributed by atoms with Gasteiger partial charge in [-0.3, -0.25) is 9.98 Å². The zero-order chi connectivity index (χ0) is 26.1. The summed E-state index contributed by atoms with van der Waals surface area (Å²) in [6.07, 6.45) is 6.34. The quantitative estimate of drug-likeness (QED) is 0.270. The first-order valence-corrected chi connectivity index (χ1v) is 13.4. The molecule has 38 heavy (non-hydrogen) atoms. The molecule has 0 amide bonds. The molecule has 2 aliphatic carbocycles. The summed E-state index contributed by atoms with van der Waals surface area (Å²) in [5, 5.41) is 4.53. The topological polar surface area (TPSA) is 64.3 Å². The largest absolute Gasteiger partial charge is 0.381 e. The Kier molecular flexibility index (Phi) is 6.64. The predicted molar refractivity (Wildman–Crippen MR) is 153 cm³/mol. The molecule has 6 rings (SSSR count). The molecule has 0 atom stereocenters. The summed E-state index contributed by atoms with van der Waals surface area (Å²) in [6, 6.07) is 25.6. The summed E-state index contributed by atoms with van der Waals surface area (Å²) in [5.74, 6) is 0. The molecule has 1 aromatic heterocycles. The molecule has 2 heterocycles. The van der Waals surface area contributed by atoms with Gasteiger partial charge < -0.3 is 14.6 Å². The molecule has 0 saturated heterocycles. The molecule has 1 N–H and O–H groups in total. The van der Waals surface area contributed by atoms with Crippen molar-refractivity contribution in [1.82, 2.24) is 14.5 Å². The van der Waals surface area contributed by atoms with Crippen LogP contribution in [-0.4, -0.2) is 33.8 Å². The Labute approximate surface area is 223 Å². The van der Waals surface area contributed by atoms with Crippen molar-refractivity contribution in [3.8, 4) is 17.1 Å². The Morgan fingerprint density at radius 2 is 1.71 bits per heavy atom. The molecule has 0 unspecified atom stereocenters. The number of hydrogen-bond acceptors (Lipinski definition) is 5. The molecule has 192 valence electrons. The van der Waals surface area contributed by atoms with Gasteiger partial charge in [-0.15, -0.1) is 0 Å². The number of benzene rings is 3. The minimum Gasteiger partial charge on any atom is -0.381 e. The lowest BCUT2D eigenvalue weighted by atomic mass is 9.93. The van der Waals surface area contributed by atoms with Crippen molar-refractivity contribution in [2.45, 2.75) is 51.7 Å². The first kappa shape index (κ1) is 24.3. The Hall–Kier alpha value is -4.03. The van der Waals surface area contributed by atoms with Crippen LogP contribution in [0.2, 0.25) is 0 Å². The van der Waals surface area contributed by atoms with Gasteiger partial charge in [0.15, 0.2) is 0 Å². The maximum atomic E-state index is 5.60. The third-order valence-corrected chi connectivity index (χ3v) is 7.48. The molecule has 6 nitrogen and oxygen atoms in total. The van der Waals surface area contributed by atoms with Crippen molar-refractivity contribution in [3.05, 3.63) is 95.6 Å². The number of hydrogen-bond donors (Lipinski definition) is 1. The average molecular weight is 504 g/mol. The summed E-state index contributed by atoms with van der Waals surface area (Å²) in [6.45, 7) is 4.11. The van der Waals surface area contributed by atoms with Crippen LogP contribution >= 0.6 is 0 Å². The smallest absolute Gasteiger partial charge is 0.0900 e. The van der Waals surface area contributed by atoms with E-state index in [2.05, 4.69) is 82.5 Å². The predicted octanol–water partition coefficient (Wildman–Crippen LogP) is 6.74. The van der Waals surface area contributed by atoms with Crippen molar-refractivity contribution in [1.29, 1.82) is 0 Å². The van der Waals surface area contributed by atoms with Gasteiger partial charge in [-0.1, -0.05) is 29.8 Å². The van der Waals surface area contributed by atoms with Crippen LogP contribution in [-0.2, 0) is 4.74 Å². The molecule has 3 aromatic rings. The zero-order valence-corrected chi connectivity index (χ0v) is 22.2. The van der Waals surface area contributed by atoms with Gasteiger partial charge in [0.05, 0.1) is 57.5 Å². The number of nitrogens with zero attached hydrogens (tertiary/aromatic N) is 4. The van der Waals surface area contributed by atoms with Gasteiger partial charge in [0.2, 0.25) is 0 Å². The summed E-state index contributed by atoms with van der Waals surface area (Å²) in [7, 11) is 1.81. The van der Waals surface area contributed by atoms with Crippen molar-refractivity contribution < 1.29 is 4.74 Å². The van der Waals surface area contributed by atoms with E-state index in [1.807, 2.05) is 32.4 Å². The summed E-state index contributed by atoms with van der Waals surface area (Å²) in [5.41, 5.74) is 9.16. The maximum absolute atomic E-state index is 5.60. The van der Waals surface area contributed by atoms with Gasteiger partial charge in [0.1, 0.15) is 0 Å². The molecule has 1 fully saturated rings. The molecule has 0 spiro atoms. The van der Waals surface area contributed by atoms with E-state index in [-0.39, 0.29) is 6.04 Å². The van der Waals surface area contributed by atoms with E-state index in [9.17, 15) is 0 Å². The van der Waals surface area contributed by atoms with Crippen LogP contribution < -0.4 is 10.7 Å². The molecule has 3 aliphatic rings. The van der Waals surface area contributed by atoms with E-state index in [1.165, 1.54) is 5.56 Å². The summed E-state index contributed by atoms with van der Waals surface area (Å²) in [4.78, 5) is 14.8. The minimum absolute atomic E-state index is 0.261. The van der Waals surface area contributed by atoms with Crippen LogP contribution in [0.1, 0.15) is 36.9 Å². The molecule has 1 saturated carbocycles. The van der Waals surface area contributed by atoms with E-state index >= 15 is 0 Å². The van der Waals surface area contributed by atoms with Crippen LogP contribution in [0.4, 0.5) is 11.4 Å². The van der Waals surface area contributed by atoms with Crippen LogP contribution in [0.15, 0.2) is 84.0 Å². The number of methoxy groups -OCH3 is 1. The van der Waals surface area contributed by atoms with Gasteiger partial charge in [0, 0.05) is 18.5 Å². The lowest BCUT2D eigenvalue weighted by molar-refractivity contribution is 0.0663. The van der Waals surface area contributed by atoms with Gasteiger partial charge in [0.25, 0.3) is 0 Å². The molecule has 0 bridgehead atoms. The molecular formula is C32H33N5O. The number of para-hydroxylation sites is 2. The number of fused-ring (bicyclic) bond motifs is 2. The van der Waals surface area contributed by atoms with Gasteiger partial charge in [-0.2, -0.15) is 0 Å². The third kappa shape index (κ3) is 4.92. The number of anilines is 2. The molecule has 1 aliphatic heterocycles. The van der Waals surface area contributed by atoms with E-state index in [4.69, 9.17) is 14.7 Å². The molecule has 6 heteroatoms. The summed E-state index contributed by atoms with van der Waals surface area (Å²) < 4.78 is 7.90. The number of pyridine rings is 1. The van der Waals surface area contributed by atoms with Crippen molar-refractivity contribution in [2.75, 3.05) is 12.4 Å². The Morgan fingerprint density at radius 1 is 0.921 bits per heavy atom. The average Bonchev–Trinajstić information content (AvgIpc) is 2.94. The van der Waals surface area contributed by atoms with E-state index in [1.54, 1.807) is 0 Å². The number of rotatable bonds is 5. The van der Waals surface area contributed by atoms with E-state index < -0.39 is 0 Å². The first-order chi connectivity index (χ1) is 18.6. The highest BCUT2D eigenvalue weighted by Crippen LogP contribution is 2.31.